The first kappa shape index (κ1) is 29.6. The minimum Gasteiger partial charge on any atom is -0.385 e. The minimum absolute atomic E-state index is 0.0727. The van der Waals surface area contributed by atoms with Gasteiger partial charge in [-0.3, -0.25) is 4.57 Å². The van der Waals surface area contributed by atoms with E-state index < -0.39 is 7.60 Å². The van der Waals surface area contributed by atoms with Gasteiger partial charge in [-0.15, -0.1) is 0 Å². The van der Waals surface area contributed by atoms with Crippen molar-refractivity contribution >= 4 is 18.9 Å². The molecule has 0 saturated carbocycles. The van der Waals surface area contributed by atoms with E-state index in [1.54, 1.807) is 14.0 Å². The van der Waals surface area contributed by atoms with Crippen LogP contribution in [0.5, 0.6) is 0 Å². The molecule has 1 heterocycles. The maximum Gasteiger partial charge on any atom is 0.327 e. The largest absolute Gasteiger partial charge is 0.385 e. The van der Waals surface area contributed by atoms with Gasteiger partial charge < -0.3 is 19.1 Å². The number of hydrogen-bond donors (Lipinski definition) is 1. The summed E-state index contributed by atoms with van der Waals surface area (Å²) in [6, 6.07) is 17.3. The Labute approximate surface area is 234 Å². The van der Waals surface area contributed by atoms with Gasteiger partial charge in [0.1, 0.15) is 0 Å². The van der Waals surface area contributed by atoms with Crippen LogP contribution in [0.25, 0.3) is 5.57 Å². The number of ether oxygens (including phenoxy) is 1. The normalized spacial score (nSPS) is 20.1. The molecule has 1 N–H and O–H groups in total. The van der Waals surface area contributed by atoms with Crippen molar-refractivity contribution in [2.24, 2.45) is 0 Å². The molecule has 1 aliphatic heterocycles. The standard InChI is InChI=1S/C33H44NO4P/c1-7-39(35,36)38-24-14-22-34-30-20-11-10-18-29(30)33(4,5)31(34)21-12-19-28-26(16-13-23-37-6)25-15-8-9-17-27(25)32(28,2)3/h8-12,15,17-21H,7,13-14,16,22-24H2,1-6H3,(H,35,36)/b19-12+,31-21+. The summed E-state index contributed by atoms with van der Waals surface area (Å²) >= 11 is 0. The van der Waals surface area contributed by atoms with Crippen LogP contribution in [-0.2, 0) is 24.7 Å². The molecule has 0 amide bonds. The third kappa shape index (κ3) is 6.02. The van der Waals surface area contributed by atoms with Crippen molar-refractivity contribution in [1.29, 1.82) is 0 Å². The number of para-hydroxylation sites is 1. The fraction of sp³-hybridized carbons (Fsp3) is 0.455. The number of nitrogens with zero attached hydrogens (tertiary/aromatic N) is 1. The van der Waals surface area contributed by atoms with E-state index in [-0.39, 0.29) is 23.6 Å². The summed E-state index contributed by atoms with van der Waals surface area (Å²) in [6.07, 6.45) is 9.54. The molecular weight excluding hydrogens is 505 g/mol. The Bertz CT molecular complexity index is 1320. The fourth-order valence-electron chi connectivity index (χ4n) is 6.07. The van der Waals surface area contributed by atoms with Gasteiger partial charge >= 0.3 is 7.60 Å². The second-order valence-corrected chi connectivity index (χ2v) is 13.7. The van der Waals surface area contributed by atoms with E-state index >= 15 is 0 Å². The highest BCUT2D eigenvalue weighted by Gasteiger charge is 2.40. The number of benzene rings is 2. The average Bonchev–Trinajstić information content (AvgIpc) is 3.26. The van der Waals surface area contributed by atoms with E-state index in [1.165, 1.54) is 39.2 Å². The average molecular weight is 550 g/mol. The molecule has 2 aromatic carbocycles. The van der Waals surface area contributed by atoms with Crippen molar-refractivity contribution in [2.45, 2.75) is 64.7 Å². The minimum atomic E-state index is -3.48. The Morgan fingerprint density at radius 1 is 0.949 bits per heavy atom. The summed E-state index contributed by atoms with van der Waals surface area (Å²) in [5, 5.41) is 0. The molecule has 4 rings (SSSR count). The van der Waals surface area contributed by atoms with Crippen molar-refractivity contribution in [3.8, 4) is 0 Å². The molecule has 0 fully saturated rings. The Hall–Kier alpha value is -2.43. The van der Waals surface area contributed by atoms with Gasteiger partial charge in [0.15, 0.2) is 0 Å². The van der Waals surface area contributed by atoms with Crippen molar-refractivity contribution in [1.82, 2.24) is 0 Å². The van der Waals surface area contributed by atoms with E-state index in [0.29, 0.717) is 13.0 Å². The first-order valence-electron chi connectivity index (χ1n) is 14.1. The molecule has 0 radical (unpaired) electrons. The number of rotatable bonds is 12. The van der Waals surface area contributed by atoms with Crippen LogP contribution < -0.4 is 4.90 Å². The predicted molar refractivity (Wildman–Crippen MR) is 162 cm³/mol. The lowest BCUT2D eigenvalue weighted by molar-refractivity contribution is 0.196. The summed E-state index contributed by atoms with van der Waals surface area (Å²) < 4.78 is 22.6. The highest BCUT2D eigenvalue weighted by Crippen LogP contribution is 2.50. The van der Waals surface area contributed by atoms with E-state index in [2.05, 4.69) is 99.4 Å². The molecule has 1 atom stereocenters. The molecule has 0 bridgehead atoms. The van der Waals surface area contributed by atoms with Gasteiger partial charge in [0.05, 0.1) is 6.61 Å². The maximum atomic E-state index is 11.9. The van der Waals surface area contributed by atoms with Gasteiger partial charge in [0.2, 0.25) is 0 Å². The van der Waals surface area contributed by atoms with Crippen LogP contribution in [0.2, 0.25) is 0 Å². The zero-order valence-electron chi connectivity index (χ0n) is 24.4. The number of hydrogen-bond acceptors (Lipinski definition) is 4. The first-order chi connectivity index (χ1) is 18.5. The molecule has 39 heavy (non-hydrogen) atoms. The third-order valence-corrected chi connectivity index (χ3v) is 9.62. The highest BCUT2D eigenvalue weighted by molar-refractivity contribution is 7.52. The maximum absolute atomic E-state index is 11.9. The molecule has 2 aromatic rings. The smallest absolute Gasteiger partial charge is 0.327 e. The second kappa shape index (κ2) is 12.0. The van der Waals surface area contributed by atoms with Crippen LogP contribution in [0, 0.1) is 0 Å². The third-order valence-electron chi connectivity index (χ3n) is 8.23. The second-order valence-electron chi connectivity index (χ2n) is 11.5. The summed E-state index contributed by atoms with van der Waals surface area (Å²) in [5.41, 5.74) is 8.98. The van der Waals surface area contributed by atoms with Crippen LogP contribution in [0.3, 0.4) is 0 Å². The number of allylic oxidation sites excluding steroid dienone is 6. The fourth-order valence-corrected chi connectivity index (χ4v) is 6.67. The zero-order valence-corrected chi connectivity index (χ0v) is 25.3. The topological polar surface area (TPSA) is 59.0 Å². The Balaban J connectivity index is 1.65. The lowest BCUT2D eigenvalue weighted by Crippen LogP contribution is -2.27. The van der Waals surface area contributed by atoms with Gasteiger partial charge in [-0.05, 0) is 59.2 Å². The van der Waals surface area contributed by atoms with Crippen molar-refractivity contribution < 1.29 is 18.7 Å². The quantitative estimate of drug-likeness (QED) is 0.215. The van der Waals surface area contributed by atoms with Crippen LogP contribution in [-0.4, -0.2) is 37.9 Å². The van der Waals surface area contributed by atoms with Crippen molar-refractivity contribution in [3.05, 3.63) is 94.7 Å². The number of fused-ring (bicyclic) bond motifs is 2. The molecule has 210 valence electrons. The van der Waals surface area contributed by atoms with Gasteiger partial charge in [0, 0.05) is 48.6 Å². The van der Waals surface area contributed by atoms with Crippen molar-refractivity contribution in [3.63, 3.8) is 0 Å². The number of anilines is 1. The summed E-state index contributed by atoms with van der Waals surface area (Å²) in [6.45, 7) is 12.6. The molecule has 0 spiro atoms. The molecular formula is C33H44NO4P. The van der Waals surface area contributed by atoms with E-state index in [9.17, 15) is 9.46 Å². The summed E-state index contributed by atoms with van der Waals surface area (Å²) in [5.74, 6) is 0. The Kier molecular flexibility index (Phi) is 9.08. The lowest BCUT2D eigenvalue weighted by Gasteiger charge is -2.27. The van der Waals surface area contributed by atoms with Gasteiger partial charge in [-0.2, -0.15) is 0 Å². The van der Waals surface area contributed by atoms with Crippen LogP contribution in [0.4, 0.5) is 5.69 Å². The zero-order chi connectivity index (χ0) is 28.3. The Morgan fingerprint density at radius 3 is 2.36 bits per heavy atom. The van der Waals surface area contributed by atoms with Crippen molar-refractivity contribution in [2.75, 3.05) is 37.9 Å². The molecule has 1 unspecified atom stereocenters. The van der Waals surface area contributed by atoms with Gasteiger partial charge in [0.25, 0.3) is 0 Å². The Morgan fingerprint density at radius 2 is 1.64 bits per heavy atom. The predicted octanol–water partition coefficient (Wildman–Crippen LogP) is 8.01. The van der Waals surface area contributed by atoms with E-state index in [1.807, 2.05) is 0 Å². The molecule has 0 saturated heterocycles. The van der Waals surface area contributed by atoms with Gasteiger partial charge in [-0.25, -0.2) is 0 Å². The highest BCUT2D eigenvalue weighted by atomic mass is 31.2. The molecule has 5 nitrogen and oxygen atoms in total. The first-order valence-corrected chi connectivity index (χ1v) is 15.9. The number of methoxy groups -OCH3 is 1. The van der Waals surface area contributed by atoms with Crippen LogP contribution in [0.1, 0.15) is 70.6 Å². The molecule has 1 aliphatic carbocycles. The van der Waals surface area contributed by atoms with E-state index in [0.717, 1.165) is 19.4 Å². The molecule has 2 aliphatic rings. The van der Waals surface area contributed by atoms with E-state index in [4.69, 9.17) is 9.26 Å². The van der Waals surface area contributed by atoms with Crippen LogP contribution >= 0.6 is 7.60 Å². The summed E-state index contributed by atoms with van der Waals surface area (Å²) in [7, 11) is -1.72. The lowest BCUT2D eigenvalue weighted by atomic mass is 9.80. The molecule has 6 heteroatoms. The van der Waals surface area contributed by atoms with Gasteiger partial charge in [-0.1, -0.05) is 89.2 Å². The van der Waals surface area contributed by atoms with Crippen LogP contribution in [0.15, 0.2) is 78.0 Å². The summed E-state index contributed by atoms with van der Waals surface area (Å²) in [4.78, 5) is 12.2. The SMILES string of the molecule is CCP(=O)(O)OCCCN1/C(=C/C=C/C2=C(CCCOC)c3ccccc3C2(C)C)C(C)(C)c2ccccc21. The molecule has 0 aromatic heterocycles. The monoisotopic (exact) mass is 549 g/mol.